The van der Waals surface area contributed by atoms with Gasteiger partial charge in [-0.2, -0.15) is 0 Å². The molecule has 0 spiro atoms. The van der Waals surface area contributed by atoms with Crippen LogP contribution in [0.25, 0.3) is 0 Å². The number of ether oxygens (including phenoxy) is 2. The van der Waals surface area contributed by atoms with Crippen LogP contribution in [0.3, 0.4) is 0 Å². The maximum absolute atomic E-state index is 12.6. The average molecular weight is 839 g/mol. The van der Waals surface area contributed by atoms with Crippen LogP contribution in [0.2, 0.25) is 0 Å². The van der Waals surface area contributed by atoms with Crippen LogP contribution in [-0.2, 0) is 32.7 Å². The monoisotopic (exact) mass is 839 g/mol. The summed E-state index contributed by atoms with van der Waals surface area (Å²) in [5.74, 6) is -1.04. The molecule has 0 bridgehead atoms. The maximum atomic E-state index is 12.6. The fraction of sp³-hybridized carbons (Fsp3) is 0.696. The molecule has 0 aromatic rings. The van der Waals surface area contributed by atoms with Gasteiger partial charge in [0, 0.05) is 12.8 Å². The lowest BCUT2D eigenvalue weighted by molar-refractivity contribution is -0.161. The van der Waals surface area contributed by atoms with E-state index in [-0.39, 0.29) is 19.4 Å². The van der Waals surface area contributed by atoms with Gasteiger partial charge < -0.3 is 29.7 Å². The van der Waals surface area contributed by atoms with E-state index >= 15 is 0 Å². The van der Waals surface area contributed by atoms with Crippen molar-refractivity contribution in [1.82, 2.24) is 0 Å². The molecule has 0 heterocycles. The minimum absolute atomic E-state index is 0.0713. The molecule has 0 aromatic heterocycles. The van der Waals surface area contributed by atoms with Gasteiger partial charge in [0.25, 0.3) is 0 Å². The molecule has 334 valence electrons. The molecule has 4 atom stereocenters. The third-order valence-corrected chi connectivity index (χ3v) is 9.86. The van der Waals surface area contributed by atoms with Crippen LogP contribution in [0.1, 0.15) is 162 Å². The third-order valence-electron chi connectivity index (χ3n) is 8.91. The lowest BCUT2D eigenvalue weighted by atomic mass is 10.1. The first-order valence-electron chi connectivity index (χ1n) is 22.0. The summed E-state index contributed by atoms with van der Waals surface area (Å²) in [7, 11) is -4.65. The molecule has 0 aromatic carbocycles. The van der Waals surface area contributed by atoms with Crippen LogP contribution in [-0.4, -0.2) is 76.9 Å². The summed E-state index contributed by atoms with van der Waals surface area (Å²) >= 11 is 0. The maximum Gasteiger partial charge on any atom is 0.472 e. The molecule has 58 heavy (non-hydrogen) atoms. The standard InChI is InChI=1S/C46H79O11P/c1-3-5-7-9-11-12-13-14-15-16-17-18-19-20-24-28-32-36-45(50)54-40-44(41-56-58(52,53)55-39-43(49)38-47)57-46(51)37-33-29-25-22-21-23-27-31-35-42(48)34-30-26-10-8-6-4-2/h11-12,14-15,22-23,25-27,30-31,35,42-44,47-49H,3-10,13,16-21,24,28-29,32-34,36-41H2,1-2H3,(H,52,53)/b12-11-,15-14-,25-22-,27-23-,30-26-,35-31+/t42-,43-,44+/m0/s1. The number of unbranched alkanes of at least 4 members (excludes halogenated alkanes) is 14. The summed E-state index contributed by atoms with van der Waals surface area (Å²) in [5, 5.41) is 28.4. The molecule has 0 saturated carbocycles. The van der Waals surface area contributed by atoms with Gasteiger partial charge in [-0.3, -0.25) is 18.6 Å². The summed E-state index contributed by atoms with van der Waals surface area (Å²) in [5.41, 5.74) is 0. The Morgan fingerprint density at radius 3 is 1.72 bits per heavy atom. The van der Waals surface area contributed by atoms with E-state index < -0.39 is 57.9 Å². The first kappa shape index (κ1) is 55.4. The second kappa shape index (κ2) is 41.1. The first-order chi connectivity index (χ1) is 28.1. The molecular formula is C46H79O11P. The van der Waals surface area contributed by atoms with Gasteiger partial charge in [-0.1, -0.05) is 145 Å². The quantitative estimate of drug-likeness (QED) is 0.0152. The Hall–Kier alpha value is -2.63. The number of carbonyl (C=O) groups excluding carboxylic acids is 2. The average Bonchev–Trinajstić information content (AvgIpc) is 3.21. The molecule has 1 unspecified atom stereocenters. The van der Waals surface area contributed by atoms with E-state index in [1.165, 1.54) is 57.8 Å². The number of hydrogen-bond acceptors (Lipinski definition) is 10. The zero-order valence-electron chi connectivity index (χ0n) is 35.8. The predicted octanol–water partition coefficient (Wildman–Crippen LogP) is 10.6. The Bertz CT molecular complexity index is 1210. The molecular weight excluding hydrogens is 759 g/mol. The first-order valence-corrected chi connectivity index (χ1v) is 23.5. The third kappa shape index (κ3) is 40.2. The van der Waals surface area contributed by atoms with Crippen LogP contribution in [0.4, 0.5) is 0 Å². The fourth-order valence-corrected chi connectivity index (χ4v) is 6.24. The van der Waals surface area contributed by atoms with Gasteiger partial charge in [-0.25, -0.2) is 4.57 Å². The second-order valence-corrected chi connectivity index (χ2v) is 16.0. The number of rotatable bonds is 40. The number of esters is 2. The van der Waals surface area contributed by atoms with E-state index in [1.54, 1.807) is 6.08 Å². The number of phosphoric ester groups is 1. The number of hydrogen-bond donors (Lipinski definition) is 4. The van der Waals surface area contributed by atoms with Crippen molar-refractivity contribution in [2.45, 2.75) is 180 Å². The fourth-order valence-electron chi connectivity index (χ4n) is 5.45. The van der Waals surface area contributed by atoms with Crippen molar-refractivity contribution >= 4 is 19.8 Å². The molecule has 0 aliphatic rings. The Kier molecular flexibility index (Phi) is 39.3. The summed E-state index contributed by atoms with van der Waals surface area (Å²) in [6.45, 7) is 2.15. The molecule has 0 fully saturated rings. The summed E-state index contributed by atoms with van der Waals surface area (Å²) in [6, 6.07) is 0. The molecule has 0 radical (unpaired) electrons. The smallest absolute Gasteiger partial charge is 0.462 e. The highest BCUT2D eigenvalue weighted by atomic mass is 31.2. The van der Waals surface area contributed by atoms with Crippen molar-refractivity contribution in [3.05, 3.63) is 72.9 Å². The van der Waals surface area contributed by atoms with Crippen molar-refractivity contribution in [2.75, 3.05) is 26.4 Å². The van der Waals surface area contributed by atoms with Crippen LogP contribution in [0.15, 0.2) is 72.9 Å². The Morgan fingerprint density at radius 1 is 0.586 bits per heavy atom. The minimum Gasteiger partial charge on any atom is -0.462 e. The molecule has 0 aliphatic heterocycles. The largest absolute Gasteiger partial charge is 0.472 e. The highest BCUT2D eigenvalue weighted by Gasteiger charge is 2.27. The molecule has 0 amide bonds. The van der Waals surface area contributed by atoms with E-state index in [1.807, 2.05) is 36.5 Å². The Balaban J connectivity index is 4.47. The second-order valence-electron chi connectivity index (χ2n) is 14.6. The zero-order valence-corrected chi connectivity index (χ0v) is 36.7. The SMILES string of the molecule is CCCCC/C=C\C/C=C\CCCCCCCCCC(=O)OC[C@H](COP(=O)(O)OC[C@@H](O)CO)OC(=O)CCC/C=C\C/C=C\C=C\[C@@H](O)C/C=C\CCCCC. The van der Waals surface area contributed by atoms with Gasteiger partial charge in [0.1, 0.15) is 12.7 Å². The number of carbonyl (C=O) groups is 2. The normalized spacial score (nSPS) is 15.1. The highest BCUT2D eigenvalue weighted by Crippen LogP contribution is 2.43. The molecule has 0 rings (SSSR count). The van der Waals surface area contributed by atoms with Crippen molar-refractivity contribution < 1.29 is 52.9 Å². The highest BCUT2D eigenvalue weighted by molar-refractivity contribution is 7.47. The van der Waals surface area contributed by atoms with E-state index in [4.69, 9.17) is 19.1 Å². The molecule has 11 nitrogen and oxygen atoms in total. The zero-order chi connectivity index (χ0) is 42.8. The Labute approximate surface area is 351 Å². The van der Waals surface area contributed by atoms with Gasteiger partial charge in [0.05, 0.1) is 25.9 Å². The van der Waals surface area contributed by atoms with Gasteiger partial charge in [-0.15, -0.1) is 0 Å². The van der Waals surface area contributed by atoms with Crippen molar-refractivity contribution in [1.29, 1.82) is 0 Å². The molecule has 0 saturated heterocycles. The van der Waals surface area contributed by atoms with Gasteiger partial charge >= 0.3 is 19.8 Å². The van der Waals surface area contributed by atoms with Crippen molar-refractivity contribution in [2.24, 2.45) is 0 Å². The van der Waals surface area contributed by atoms with Crippen LogP contribution < -0.4 is 0 Å². The van der Waals surface area contributed by atoms with Gasteiger partial charge in [0.2, 0.25) is 0 Å². The lowest BCUT2D eigenvalue weighted by Gasteiger charge is -2.20. The summed E-state index contributed by atoms with van der Waals surface area (Å²) in [4.78, 5) is 35.0. The van der Waals surface area contributed by atoms with E-state index in [0.29, 0.717) is 32.1 Å². The number of aliphatic hydroxyl groups excluding tert-OH is 3. The predicted molar refractivity (Wildman–Crippen MR) is 234 cm³/mol. The van der Waals surface area contributed by atoms with Crippen molar-refractivity contribution in [3.8, 4) is 0 Å². The Morgan fingerprint density at radius 2 is 1.10 bits per heavy atom. The van der Waals surface area contributed by atoms with Crippen LogP contribution in [0.5, 0.6) is 0 Å². The molecule has 0 aliphatic carbocycles. The van der Waals surface area contributed by atoms with E-state index in [2.05, 4.69) is 48.8 Å². The minimum atomic E-state index is -4.65. The molecule has 12 heteroatoms. The van der Waals surface area contributed by atoms with Gasteiger partial charge in [0.15, 0.2) is 6.10 Å². The number of allylic oxidation sites excluding steroid dienone is 10. The lowest BCUT2D eigenvalue weighted by Crippen LogP contribution is -2.29. The summed E-state index contributed by atoms with van der Waals surface area (Å²) < 4.78 is 32.6. The topological polar surface area (TPSA) is 169 Å². The van der Waals surface area contributed by atoms with E-state index in [0.717, 1.165) is 44.9 Å². The van der Waals surface area contributed by atoms with E-state index in [9.17, 15) is 29.3 Å². The number of phosphoric acid groups is 1. The molecule has 4 N–H and O–H groups in total. The number of aliphatic hydroxyl groups is 3. The van der Waals surface area contributed by atoms with Crippen LogP contribution >= 0.6 is 7.82 Å². The van der Waals surface area contributed by atoms with Crippen molar-refractivity contribution in [3.63, 3.8) is 0 Å². The summed E-state index contributed by atoms with van der Waals surface area (Å²) in [6.07, 6.45) is 43.2. The van der Waals surface area contributed by atoms with Gasteiger partial charge in [-0.05, 0) is 77.0 Å². The van der Waals surface area contributed by atoms with Crippen LogP contribution in [0, 0.1) is 0 Å².